The fraction of sp³-hybridized carbons (Fsp3) is 0.615. The Hall–Kier alpha value is -0.550. The molecule has 0 bridgehead atoms. The number of carbonyl (C=O) groups is 1. The molecule has 100 valence electrons. The predicted octanol–water partition coefficient (Wildman–Crippen LogP) is 3.39. The lowest BCUT2D eigenvalue weighted by Gasteiger charge is -2.32. The molecule has 1 aromatic heterocycles. The highest BCUT2D eigenvalue weighted by Crippen LogP contribution is 2.28. The molecule has 1 aliphatic heterocycles. The van der Waals surface area contributed by atoms with Crippen LogP contribution in [0.25, 0.3) is 0 Å². The number of methoxy groups -OCH3 is 1. The molecule has 1 aromatic rings. The number of amides is 1. The summed E-state index contributed by atoms with van der Waals surface area (Å²) in [5.74, 6) is 1.46. The molecule has 0 aromatic carbocycles. The minimum Gasteiger partial charge on any atom is -0.495 e. The first-order valence-electron chi connectivity index (χ1n) is 6.23. The van der Waals surface area contributed by atoms with Crippen LogP contribution in [-0.4, -0.2) is 36.3 Å². The highest BCUT2D eigenvalue weighted by Gasteiger charge is 2.26. The number of thiophene rings is 1. The van der Waals surface area contributed by atoms with E-state index in [1.807, 2.05) is 16.3 Å². The number of carbonyl (C=O) groups excluding carboxylic acids is 1. The summed E-state index contributed by atoms with van der Waals surface area (Å²) in [7, 11) is 1.61. The van der Waals surface area contributed by atoms with Gasteiger partial charge in [-0.3, -0.25) is 4.79 Å². The average Bonchev–Trinajstić information content (AvgIpc) is 2.87. The van der Waals surface area contributed by atoms with Gasteiger partial charge in [0.2, 0.25) is 0 Å². The Bertz CT molecular complexity index is 405. The van der Waals surface area contributed by atoms with E-state index in [1.165, 1.54) is 17.8 Å². The number of rotatable bonds is 4. The van der Waals surface area contributed by atoms with Crippen molar-refractivity contribution >= 4 is 33.2 Å². The summed E-state index contributed by atoms with van der Waals surface area (Å²) >= 11 is 4.95. The Morgan fingerprint density at radius 3 is 3.22 bits per heavy atom. The van der Waals surface area contributed by atoms with Crippen molar-refractivity contribution in [3.05, 3.63) is 16.3 Å². The minimum atomic E-state index is 0.126. The van der Waals surface area contributed by atoms with Crippen LogP contribution in [0.5, 0.6) is 5.75 Å². The number of ether oxygens (including phenoxy) is 1. The van der Waals surface area contributed by atoms with E-state index in [4.69, 9.17) is 4.74 Å². The monoisotopic (exact) mass is 331 g/mol. The second-order valence-corrected chi connectivity index (χ2v) is 6.26. The predicted molar refractivity (Wildman–Crippen MR) is 77.9 cm³/mol. The second kappa shape index (κ2) is 6.57. The first kappa shape index (κ1) is 13.9. The van der Waals surface area contributed by atoms with Gasteiger partial charge in [-0.25, -0.2) is 0 Å². The molecular formula is C13H18BrNO2S. The van der Waals surface area contributed by atoms with Crippen molar-refractivity contribution in [1.82, 2.24) is 4.90 Å². The van der Waals surface area contributed by atoms with E-state index in [0.717, 1.165) is 36.1 Å². The maximum absolute atomic E-state index is 12.4. The van der Waals surface area contributed by atoms with E-state index < -0.39 is 0 Å². The number of hydrogen-bond donors (Lipinski definition) is 0. The van der Waals surface area contributed by atoms with Crippen molar-refractivity contribution in [3.63, 3.8) is 0 Å². The number of likely N-dealkylation sites (tertiary alicyclic amines) is 1. The van der Waals surface area contributed by atoms with Crippen LogP contribution in [0.2, 0.25) is 0 Å². The Balaban J connectivity index is 2.04. The number of halogens is 1. The maximum atomic E-state index is 12.4. The number of hydrogen-bond acceptors (Lipinski definition) is 3. The van der Waals surface area contributed by atoms with E-state index >= 15 is 0 Å². The Morgan fingerprint density at radius 1 is 1.67 bits per heavy atom. The quantitative estimate of drug-likeness (QED) is 0.791. The molecule has 0 N–H and O–H groups in total. The summed E-state index contributed by atoms with van der Waals surface area (Å²) in [6, 6.07) is 1.86. The normalized spacial score (nSPS) is 19.9. The molecule has 2 rings (SSSR count). The van der Waals surface area contributed by atoms with Crippen LogP contribution in [0.4, 0.5) is 0 Å². The summed E-state index contributed by atoms with van der Waals surface area (Å²) in [6.45, 7) is 1.75. The zero-order chi connectivity index (χ0) is 13.0. The van der Waals surface area contributed by atoms with Gasteiger partial charge in [0.15, 0.2) is 0 Å². The number of alkyl halides is 1. The van der Waals surface area contributed by atoms with Crippen LogP contribution in [0, 0.1) is 5.92 Å². The largest absolute Gasteiger partial charge is 0.495 e. The molecule has 0 aliphatic carbocycles. The van der Waals surface area contributed by atoms with Gasteiger partial charge >= 0.3 is 0 Å². The first-order valence-corrected chi connectivity index (χ1v) is 8.23. The van der Waals surface area contributed by atoms with Gasteiger partial charge < -0.3 is 9.64 Å². The highest BCUT2D eigenvalue weighted by atomic mass is 79.9. The van der Waals surface area contributed by atoms with Crippen molar-refractivity contribution in [2.75, 3.05) is 25.5 Å². The third-order valence-electron chi connectivity index (χ3n) is 3.37. The summed E-state index contributed by atoms with van der Waals surface area (Å²) in [5.41, 5.74) is 0. The molecule has 1 atom stereocenters. The zero-order valence-electron chi connectivity index (χ0n) is 10.5. The van der Waals surface area contributed by atoms with Crippen LogP contribution in [-0.2, 0) is 0 Å². The Labute approximate surface area is 120 Å². The van der Waals surface area contributed by atoms with Gasteiger partial charge in [0, 0.05) is 18.4 Å². The van der Waals surface area contributed by atoms with Gasteiger partial charge in [-0.05, 0) is 36.6 Å². The van der Waals surface area contributed by atoms with Crippen molar-refractivity contribution in [3.8, 4) is 5.75 Å². The molecule has 1 aliphatic rings. The average molecular weight is 332 g/mol. The summed E-state index contributed by atoms with van der Waals surface area (Å²) in [4.78, 5) is 15.1. The molecule has 0 radical (unpaired) electrons. The van der Waals surface area contributed by atoms with Crippen molar-refractivity contribution in [1.29, 1.82) is 0 Å². The van der Waals surface area contributed by atoms with E-state index in [0.29, 0.717) is 11.7 Å². The molecule has 0 spiro atoms. The SMILES string of the molecule is COc1ccsc1C(=O)N1CCCC(CCBr)C1. The number of nitrogens with zero attached hydrogens (tertiary/aromatic N) is 1. The minimum absolute atomic E-state index is 0.126. The summed E-state index contributed by atoms with van der Waals surface area (Å²) < 4.78 is 5.23. The van der Waals surface area contributed by atoms with Crippen LogP contribution >= 0.6 is 27.3 Å². The van der Waals surface area contributed by atoms with Gasteiger partial charge in [-0.1, -0.05) is 15.9 Å². The van der Waals surface area contributed by atoms with Gasteiger partial charge in [0.25, 0.3) is 5.91 Å². The maximum Gasteiger partial charge on any atom is 0.267 e. The second-order valence-electron chi connectivity index (χ2n) is 4.56. The lowest BCUT2D eigenvalue weighted by Crippen LogP contribution is -2.39. The zero-order valence-corrected chi connectivity index (χ0v) is 12.9. The van der Waals surface area contributed by atoms with Crippen LogP contribution in [0.15, 0.2) is 11.4 Å². The van der Waals surface area contributed by atoms with Crippen molar-refractivity contribution < 1.29 is 9.53 Å². The van der Waals surface area contributed by atoms with Gasteiger partial charge in [-0.15, -0.1) is 11.3 Å². The number of piperidine rings is 1. The summed E-state index contributed by atoms with van der Waals surface area (Å²) in [6.07, 6.45) is 3.49. The molecule has 1 unspecified atom stereocenters. The van der Waals surface area contributed by atoms with Crippen molar-refractivity contribution in [2.24, 2.45) is 5.92 Å². The van der Waals surface area contributed by atoms with Crippen LogP contribution in [0.3, 0.4) is 0 Å². The molecule has 3 nitrogen and oxygen atoms in total. The van der Waals surface area contributed by atoms with E-state index in [9.17, 15) is 4.79 Å². The fourth-order valence-electron chi connectivity index (χ4n) is 2.40. The molecular weight excluding hydrogens is 314 g/mol. The standard InChI is InChI=1S/C13H18BrNO2S/c1-17-11-5-8-18-12(11)13(16)15-7-2-3-10(9-15)4-6-14/h5,8,10H,2-4,6-7,9H2,1H3. The first-order chi connectivity index (χ1) is 8.76. The van der Waals surface area contributed by atoms with E-state index in [1.54, 1.807) is 7.11 Å². The topological polar surface area (TPSA) is 29.5 Å². The molecule has 1 amide bonds. The molecule has 0 saturated carbocycles. The molecule has 1 saturated heterocycles. The van der Waals surface area contributed by atoms with E-state index in [-0.39, 0.29) is 5.91 Å². The highest BCUT2D eigenvalue weighted by molar-refractivity contribution is 9.09. The van der Waals surface area contributed by atoms with E-state index in [2.05, 4.69) is 15.9 Å². The lowest BCUT2D eigenvalue weighted by atomic mass is 9.95. The van der Waals surface area contributed by atoms with Gasteiger partial charge in [0.1, 0.15) is 10.6 Å². The van der Waals surface area contributed by atoms with Gasteiger partial charge in [0.05, 0.1) is 7.11 Å². The van der Waals surface area contributed by atoms with Crippen LogP contribution in [0.1, 0.15) is 28.9 Å². The Kier molecular flexibility index (Phi) is 5.06. The fourth-order valence-corrected chi connectivity index (χ4v) is 3.87. The van der Waals surface area contributed by atoms with Gasteiger partial charge in [-0.2, -0.15) is 0 Å². The molecule has 1 fully saturated rings. The van der Waals surface area contributed by atoms with Crippen LogP contribution < -0.4 is 4.74 Å². The summed E-state index contributed by atoms with van der Waals surface area (Å²) in [5, 5.41) is 2.92. The van der Waals surface area contributed by atoms with Crippen molar-refractivity contribution in [2.45, 2.75) is 19.3 Å². The lowest BCUT2D eigenvalue weighted by molar-refractivity contribution is 0.0674. The molecule has 18 heavy (non-hydrogen) atoms. The third-order valence-corrected chi connectivity index (χ3v) is 4.71. The molecule has 5 heteroatoms. The molecule has 2 heterocycles. The smallest absolute Gasteiger partial charge is 0.267 e. The third kappa shape index (κ3) is 3.06. The Morgan fingerprint density at radius 2 is 2.50 bits per heavy atom.